The Morgan fingerprint density at radius 2 is 1.80 bits per heavy atom. The van der Waals surface area contributed by atoms with Crippen LogP contribution in [0.5, 0.6) is 11.5 Å². The Labute approximate surface area is 179 Å². The van der Waals surface area contributed by atoms with E-state index in [-0.39, 0.29) is 35.4 Å². The second kappa shape index (κ2) is 9.08. The highest BCUT2D eigenvalue weighted by atomic mass is 32.2. The lowest BCUT2D eigenvalue weighted by molar-refractivity contribution is -0.120. The van der Waals surface area contributed by atoms with Gasteiger partial charge in [0.15, 0.2) is 11.5 Å². The van der Waals surface area contributed by atoms with Crippen molar-refractivity contribution in [3.63, 3.8) is 0 Å². The van der Waals surface area contributed by atoms with Gasteiger partial charge in [0.05, 0.1) is 36.9 Å². The highest BCUT2D eigenvalue weighted by molar-refractivity contribution is 8.00. The number of nitrogens with zero attached hydrogens (tertiary/aromatic N) is 2. The summed E-state index contributed by atoms with van der Waals surface area (Å²) >= 11 is 1.45. The molecule has 0 spiro atoms. The Hall–Kier alpha value is -3.20. The molecular weight excluding hydrogens is 406 g/mol. The number of ether oxygens (including phenoxy) is 2. The first-order valence-electron chi connectivity index (χ1n) is 9.15. The SMILES string of the molecule is COc1cc(NC(=O)CN2C(=O)CSc3ccccc32)c(C(=O)N(C)C)cc1OC. The summed E-state index contributed by atoms with van der Waals surface area (Å²) in [6.07, 6.45) is 0. The first-order chi connectivity index (χ1) is 14.3. The predicted octanol–water partition coefficient (Wildman–Crippen LogP) is 2.48. The van der Waals surface area contributed by atoms with Crippen molar-refractivity contribution in [2.75, 3.05) is 50.8 Å². The van der Waals surface area contributed by atoms with Crippen molar-refractivity contribution in [1.29, 1.82) is 0 Å². The zero-order valence-corrected chi connectivity index (χ0v) is 18.0. The molecule has 0 atom stereocenters. The molecule has 158 valence electrons. The minimum Gasteiger partial charge on any atom is -0.493 e. The molecule has 3 rings (SSSR count). The van der Waals surface area contributed by atoms with Crippen LogP contribution in [0.3, 0.4) is 0 Å². The van der Waals surface area contributed by atoms with Crippen LogP contribution in [0, 0.1) is 0 Å². The average Bonchev–Trinajstić information content (AvgIpc) is 2.74. The van der Waals surface area contributed by atoms with E-state index in [0.717, 1.165) is 4.90 Å². The molecule has 0 aromatic heterocycles. The smallest absolute Gasteiger partial charge is 0.255 e. The third-order valence-electron chi connectivity index (χ3n) is 4.54. The van der Waals surface area contributed by atoms with Crippen LogP contribution in [-0.2, 0) is 9.59 Å². The molecule has 1 heterocycles. The third-order valence-corrected chi connectivity index (χ3v) is 5.59. The van der Waals surface area contributed by atoms with E-state index in [1.54, 1.807) is 14.1 Å². The van der Waals surface area contributed by atoms with E-state index in [1.165, 1.54) is 47.9 Å². The van der Waals surface area contributed by atoms with Crippen LogP contribution in [0.1, 0.15) is 10.4 Å². The van der Waals surface area contributed by atoms with E-state index in [2.05, 4.69) is 5.32 Å². The molecule has 0 saturated heterocycles. The summed E-state index contributed by atoms with van der Waals surface area (Å²) in [5.41, 5.74) is 1.24. The van der Waals surface area contributed by atoms with Crippen LogP contribution < -0.4 is 19.7 Å². The van der Waals surface area contributed by atoms with Crippen LogP contribution in [0.4, 0.5) is 11.4 Å². The average molecular weight is 429 g/mol. The van der Waals surface area contributed by atoms with Gasteiger partial charge in [0.1, 0.15) is 6.54 Å². The number of fused-ring (bicyclic) bond motifs is 1. The fourth-order valence-corrected chi connectivity index (χ4v) is 4.00. The Balaban J connectivity index is 1.89. The van der Waals surface area contributed by atoms with Crippen molar-refractivity contribution in [3.05, 3.63) is 42.0 Å². The Bertz CT molecular complexity index is 993. The maximum Gasteiger partial charge on any atom is 0.255 e. The zero-order chi connectivity index (χ0) is 21.8. The highest BCUT2D eigenvalue weighted by Gasteiger charge is 2.27. The molecule has 0 saturated carbocycles. The summed E-state index contributed by atoms with van der Waals surface area (Å²) in [5.74, 6) is 0.139. The number of para-hydroxylation sites is 1. The van der Waals surface area contributed by atoms with Gasteiger partial charge >= 0.3 is 0 Å². The van der Waals surface area contributed by atoms with Gasteiger partial charge in [-0.25, -0.2) is 0 Å². The number of carbonyl (C=O) groups is 3. The first-order valence-corrected chi connectivity index (χ1v) is 10.1. The lowest BCUT2D eigenvalue weighted by Gasteiger charge is -2.28. The van der Waals surface area contributed by atoms with Gasteiger partial charge in [-0.2, -0.15) is 0 Å². The fourth-order valence-electron chi connectivity index (χ4n) is 3.06. The molecule has 1 aliphatic rings. The molecule has 0 aliphatic carbocycles. The largest absolute Gasteiger partial charge is 0.493 e. The van der Waals surface area contributed by atoms with Gasteiger partial charge in [0, 0.05) is 25.1 Å². The second-order valence-electron chi connectivity index (χ2n) is 6.74. The zero-order valence-electron chi connectivity index (χ0n) is 17.2. The van der Waals surface area contributed by atoms with Crippen LogP contribution in [-0.4, -0.2) is 63.2 Å². The molecule has 1 N–H and O–H groups in total. The molecule has 1 aliphatic heterocycles. The van der Waals surface area contributed by atoms with Crippen molar-refractivity contribution >= 4 is 40.9 Å². The molecular formula is C21H23N3O5S. The Morgan fingerprint density at radius 1 is 1.13 bits per heavy atom. The summed E-state index contributed by atoms with van der Waals surface area (Å²) < 4.78 is 10.6. The van der Waals surface area contributed by atoms with Crippen molar-refractivity contribution in [3.8, 4) is 11.5 Å². The van der Waals surface area contributed by atoms with Crippen molar-refractivity contribution in [1.82, 2.24) is 4.90 Å². The number of methoxy groups -OCH3 is 2. The van der Waals surface area contributed by atoms with E-state index in [9.17, 15) is 14.4 Å². The van der Waals surface area contributed by atoms with E-state index in [0.29, 0.717) is 17.2 Å². The monoisotopic (exact) mass is 429 g/mol. The van der Waals surface area contributed by atoms with Gasteiger partial charge in [-0.1, -0.05) is 12.1 Å². The minimum atomic E-state index is -0.426. The minimum absolute atomic E-state index is 0.147. The van der Waals surface area contributed by atoms with Gasteiger partial charge in [0.2, 0.25) is 11.8 Å². The van der Waals surface area contributed by atoms with E-state index in [1.807, 2.05) is 24.3 Å². The molecule has 0 fully saturated rings. The molecule has 9 heteroatoms. The molecule has 30 heavy (non-hydrogen) atoms. The van der Waals surface area contributed by atoms with Crippen LogP contribution >= 0.6 is 11.8 Å². The fraction of sp³-hybridized carbons (Fsp3) is 0.286. The van der Waals surface area contributed by atoms with Crippen LogP contribution in [0.25, 0.3) is 0 Å². The van der Waals surface area contributed by atoms with Crippen molar-refractivity contribution < 1.29 is 23.9 Å². The maximum absolute atomic E-state index is 12.8. The number of hydrogen-bond acceptors (Lipinski definition) is 6. The Morgan fingerprint density at radius 3 is 2.47 bits per heavy atom. The van der Waals surface area contributed by atoms with E-state index >= 15 is 0 Å². The van der Waals surface area contributed by atoms with Gasteiger partial charge in [-0.15, -0.1) is 11.8 Å². The first kappa shape index (κ1) is 21.5. The molecule has 0 unspecified atom stereocenters. The third kappa shape index (κ3) is 4.35. The van der Waals surface area contributed by atoms with Gasteiger partial charge in [-0.05, 0) is 18.2 Å². The number of amides is 3. The molecule has 3 amide bonds. The van der Waals surface area contributed by atoms with Crippen LogP contribution in [0.2, 0.25) is 0 Å². The molecule has 0 radical (unpaired) electrons. The normalized spacial score (nSPS) is 12.8. The number of anilines is 2. The van der Waals surface area contributed by atoms with Gasteiger partial charge in [-0.3, -0.25) is 14.4 Å². The molecule has 2 aromatic carbocycles. The second-order valence-corrected chi connectivity index (χ2v) is 7.75. The number of benzene rings is 2. The molecule has 2 aromatic rings. The quantitative estimate of drug-likeness (QED) is 0.759. The highest BCUT2D eigenvalue weighted by Crippen LogP contribution is 2.36. The standard InChI is InChI=1S/C21H23N3O5S/c1-23(2)21(27)13-9-16(28-3)17(29-4)10-14(13)22-19(25)11-24-15-7-5-6-8-18(15)30-12-20(24)26/h5-10H,11-12H2,1-4H3,(H,22,25). The van der Waals surface area contributed by atoms with E-state index < -0.39 is 5.91 Å². The maximum atomic E-state index is 12.8. The lowest BCUT2D eigenvalue weighted by Crippen LogP contribution is -2.41. The van der Waals surface area contributed by atoms with Crippen molar-refractivity contribution in [2.45, 2.75) is 4.90 Å². The number of carbonyl (C=O) groups excluding carboxylic acids is 3. The Kier molecular flexibility index (Phi) is 6.51. The molecule has 8 nitrogen and oxygen atoms in total. The number of thioether (sulfide) groups is 1. The van der Waals surface area contributed by atoms with Gasteiger partial charge in [0.25, 0.3) is 5.91 Å². The topological polar surface area (TPSA) is 88.2 Å². The van der Waals surface area contributed by atoms with Gasteiger partial charge < -0.3 is 24.6 Å². The summed E-state index contributed by atoms with van der Waals surface area (Å²) in [4.78, 5) is 41.7. The van der Waals surface area contributed by atoms with Crippen LogP contribution in [0.15, 0.2) is 41.3 Å². The summed E-state index contributed by atoms with van der Waals surface area (Å²) in [5, 5.41) is 2.75. The predicted molar refractivity (Wildman–Crippen MR) is 116 cm³/mol. The number of nitrogens with one attached hydrogen (secondary N) is 1. The lowest BCUT2D eigenvalue weighted by atomic mass is 10.1. The molecule has 0 bridgehead atoms. The van der Waals surface area contributed by atoms with Crippen molar-refractivity contribution in [2.24, 2.45) is 0 Å². The summed E-state index contributed by atoms with van der Waals surface area (Å²) in [6, 6.07) is 10.5. The number of hydrogen-bond donors (Lipinski definition) is 1. The summed E-state index contributed by atoms with van der Waals surface area (Å²) in [6.45, 7) is -0.166. The summed E-state index contributed by atoms with van der Waals surface area (Å²) in [7, 11) is 6.17. The van der Waals surface area contributed by atoms with E-state index in [4.69, 9.17) is 9.47 Å². The number of rotatable bonds is 6.